The number of hydrogen-bond donors (Lipinski definition) is 1. The lowest BCUT2D eigenvalue weighted by Gasteiger charge is -2.18. The van der Waals surface area contributed by atoms with Crippen LogP contribution in [0.15, 0.2) is 30.3 Å². The molecule has 1 saturated carbocycles. The summed E-state index contributed by atoms with van der Waals surface area (Å²) in [5.41, 5.74) is 2.51. The Kier molecular flexibility index (Phi) is 3.96. The SMILES string of the molecule is N#CC1(C(=O)NOCc2ccccc2)CCCC1. The quantitative estimate of drug-likeness (QED) is 0.827. The van der Waals surface area contributed by atoms with Crippen LogP contribution in [-0.2, 0) is 16.2 Å². The molecule has 4 heteroatoms. The van der Waals surface area contributed by atoms with Gasteiger partial charge < -0.3 is 0 Å². The van der Waals surface area contributed by atoms with Gasteiger partial charge in [0.25, 0.3) is 5.91 Å². The molecule has 1 N–H and O–H groups in total. The molecule has 0 heterocycles. The summed E-state index contributed by atoms with van der Waals surface area (Å²) in [7, 11) is 0. The average Bonchev–Trinajstić information content (AvgIpc) is 2.90. The molecule has 0 atom stereocenters. The second-order valence-corrected chi connectivity index (χ2v) is 4.61. The Bertz CT molecular complexity index is 445. The van der Waals surface area contributed by atoms with Crippen LogP contribution in [0, 0.1) is 16.7 Å². The summed E-state index contributed by atoms with van der Waals surface area (Å²) >= 11 is 0. The zero-order valence-electron chi connectivity index (χ0n) is 10.2. The molecule has 1 amide bonds. The van der Waals surface area contributed by atoms with Gasteiger partial charge in [0, 0.05) is 0 Å². The van der Waals surface area contributed by atoms with Crippen LogP contribution in [-0.4, -0.2) is 5.91 Å². The van der Waals surface area contributed by atoms with E-state index in [9.17, 15) is 4.79 Å². The summed E-state index contributed by atoms with van der Waals surface area (Å²) in [4.78, 5) is 17.1. The smallest absolute Gasteiger partial charge is 0.264 e. The first-order chi connectivity index (χ1) is 8.77. The number of amides is 1. The molecule has 0 saturated heterocycles. The van der Waals surface area contributed by atoms with Crippen LogP contribution in [0.1, 0.15) is 31.2 Å². The zero-order chi connectivity index (χ0) is 12.8. The molecule has 1 aromatic carbocycles. The molecule has 0 aromatic heterocycles. The highest BCUT2D eigenvalue weighted by atomic mass is 16.6. The molecule has 1 aromatic rings. The van der Waals surface area contributed by atoms with Crippen molar-refractivity contribution in [2.24, 2.45) is 5.41 Å². The van der Waals surface area contributed by atoms with Crippen LogP contribution in [0.5, 0.6) is 0 Å². The second kappa shape index (κ2) is 5.65. The minimum Gasteiger partial charge on any atom is -0.271 e. The maximum atomic E-state index is 11.9. The molecule has 0 bridgehead atoms. The van der Waals surface area contributed by atoms with Gasteiger partial charge in [-0.25, -0.2) is 5.48 Å². The molecule has 2 rings (SSSR count). The Labute approximate surface area is 107 Å². The number of carbonyl (C=O) groups is 1. The fraction of sp³-hybridized carbons (Fsp3) is 0.429. The molecule has 0 unspecified atom stereocenters. The molecule has 0 radical (unpaired) electrons. The third-order valence-corrected chi connectivity index (χ3v) is 3.35. The van der Waals surface area contributed by atoms with Gasteiger partial charge in [0.2, 0.25) is 0 Å². The van der Waals surface area contributed by atoms with E-state index in [4.69, 9.17) is 10.1 Å². The van der Waals surface area contributed by atoms with Crippen LogP contribution in [0.2, 0.25) is 0 Å². The van der Waals surface area contributed by atoms with Crippen LogP contribution in [0.3, 0.4) is 0 Å². The predicted molar refractivity (Wildman–Crippen MR) is 65.9 cm³/mol. The molecular formula is C14H16N2O2. The number of carbonyl (C=O) groups excluding carboxylic acids is 1. The maximum Gasteiger partial charge on any atom is 0.264 e. The zero-order valence-corrected chi connectivity index (χ0v) is 10.2. The molecule has 1 aliphatic rings. The normalized spacial score (nSPS) is 17.1. The third-order valence-electron chi connectivity index (χ3n) is 3.35. The van der Waals surface area contributed by atoms with E-state index >= 15 is 0 Å². The molecule has 0 spiro atoms. The summed E-state index contributed by atoms with van der Waals surface area (Å²) in [6.07, 6.45) is 3.12. The van der Waals surface area contributed by atoms with Gasteiger partial charge in [0.15, 0.2) is 0 Å². The van der Waals surface area contributed by atoms with Crippen molar-refractivity contribution in [3.8, 4) is 6.07 Å². The van der Waals surface area contributed by atoms with Crippen molar-refractivity contribution in [3.63, 3.8) is 0 Å². The van der Waals surface area contributed by atoms with Crippen LogP contribution >= 0.6 is 0 Å². The first-order valence-corrected chi connectivity index (χ1v) is 6.14. The van der Waals surface area contributed by atoms with Crippen molar-refractivity contribution in [1.29, 1.82) is 5.26 Å². The number of hydroxylamine groups is 1. The van der Waals surface area contributed by atoms with E-state index in [1.807, 2.05) is 30.3 Å². The Morgan fingerprint density at radius 2 is 2.00 bits per heavy atom. The van der Waals surface area contributed by atoms with Crippen molar-refractivity contribution >= 4 is 5.91 Å². The third kappa shape index (κ3) is 2.69. The maximum absolute atomic E-state index is 11.9. The predicted octanol–water partition coefficient (Wildman–Crippen LogP) is 2.32. The van der Waals surface area contributed by atoms with Gasteiger partial charge in [-0.05, 0) is 18.4 Å². The molecule has 4 nitrogen and oxygen atoms in total. The fourth-order valence-electron chi connectivity index (χ4n) is 2.23. The highest BCUT2D eigenvalue weighted by molar-refractivity contribution is 5.84. The number of nitrogens with zero attached hydrogens (tertiary/aromatic N) is 1. The Morgan fingerprint density at radius 1 is 1.33 bits per heavy atom. The topological polar surface area (TPSA) is 62.1 Å². The van der Waals surface area contributed by atoms with E-state index in [2.05, 4.69) is 11.5 Å². The highest BCUT2D eigenvalue weighted by Crippen LogP contribution is 2.37. The van der Waals surface area contributed by atoms with Gasteiger partial charge >= 0.3 is 0 Å². The minimum atomic E-state index is -0.878. The lowest BCUT2D eigenvalue weighted by molar-refractivity contribution is -0.142. The lowest BCUT2D eigenvalue weighted by Crippen LogP contribution is -2.38. The van der Waals surface area contributed by atoms with E-state index in [-0.39, 0.29) is 5.91 Å². The van der Waals surface area contributed by atoms with Crippen molar-refractivity contribution in [3.05, 3.63) is 35.9 Å². The summed E-state index contributed by atoms with van der Waals surface area (Å²) in [6.45, 7) is 0.314. The van der Waals surface area contributed by atoms with Crippen molar-refractivity contribution in [2.45, 2.75) is 32.3 Å². The molecule has 94 valence electrons. The van der Waals surface area contributed by atoms with Crippen molar-refractivity contribution in [2.75, 3.05) is 0 Å². The Hall–Kier alpha value is -1.86. The number of nitriles is 1. The number of nitrogens with one attached hydrogen (secondary N) is 1. The molecule has 0 aliphatic heterocycles. The monoisotopic (exact) mass is 244 g/mol. The van der Waals surface area contributed by atoms with Crippen molar-refractivity contribution < 1.29 is 9.63 Å². The Morgan fingerprint density at radius 3 is 2.61 bits per heavy atom. The van der Waals surface area contributed by atoms with Crippen molar-refractivity contribution in [1.82, 2.24) is 5.48 Å². The summed E-state index contributed by atoms with van der Waals surface area (Å²) in [5.74, 6) is -0.307. The van der Waals surface area contributed by atoms with E-state index in [0.29, 0.717) is 19.4 Å². The fourth-order valence-corrected chi connectivity index (χ4v) is 2.23. The number of hydrogen-bond acceptors (Lipinski definition) is 3. The summed E-state index contributed by atoms with van der Waals surface area (Å²) < 4.78 is 0. The molecular weight excluding hydrogens is 228 g/mol. The van der Waals surface area contributed by atoms with E-state index < -0.39 is 5.41 Å². The molecule has 18 heavy (non-hydrogen) atoms. The summed E-state index contributed by atoms with van der Waals surface area (Å²) in [6, 6.07) is 11.7. The van der Waals surface area contributed by atoms with Gasteiger partial charge in [0.05, 0.1) is 12.7 Å². The van der Waals surface area contributed by atoms with Crippen LogP contribution < -0.4 is 5.48 Å². The van der Waals surface area contributed by atoms with Crippen LogP contribution in [0.25, 0.3) is 0 Å². The standard InChI is InChI=1S/C14H16N2O2/c15-11-14(8-4-5-9-14)13(17)16-18-10-12-6-2-1-3-7-12/h1-3,6-7H,4-5,8-10H2,(H,16,17). The first kappa shape index (κ1) is 12.6. The summed E-state index contributed by atoms with van der Waals surface area (Å²) in [5, 5.41) is 9.14. The van der Waals surface area contributed by atoms with E-state index in [1.54, 1.807) is 0 Å². The van der Waals surface area contributed by atoms with Gasteiger partial charge in [-0.3, -0.25) is 9.63 Å². The minimum absolute atomic E-state index is 0.307. The lowest BCUT2D eigenvalue weighted by atomic mass is 9.87. The average molecular weight is 244 g/mol. The number of benzene rings is 1. The number of rotatable bonds is 4. The van der Waals surface area contributed by atoms with Gasteiger partial charge in [0.1, 0.15) is 5.41 Å². The van der Waals surface area contributed by atoms with Crippen LogP contribution in [0.4, 0.5) is 0 Å². The largest absolute Gasteiger partial charge is 0.271 e. The molecule has 1 aliphatic carbocycles. The second-order valence-electron chi connectivity index (χ2n) is 4.61. The first-order valence-electron chi connectivity index (χ1n) is 6.14. The van der Waals surface area contributed by atoms with Gasteiger partial charge in [-0.15, -0.1) is 0 Å². The van der Waals surface area contributed by atoms with Gasteiger partial charge in [-0.1, -0.05) is 43.2 Å². The Balaban J connectivity index is 1.84. The van der Waals surface area contributed by atoms with Gasteiger partial charge in [-0.2, -0.15) is 5.26 Å². The van der Waals surface area contributed by atoms with E-state index in [0.717, 1.165) is 18.4 Å². The highest BCUT2D eigenvalue weighted by Gasteiger charge is 2.41. The van der Waals surface area contributed by atoms with E-state index in [1.165, 1.54) is 0 Å². The molecule has 1 fully saturated rings.